The fraction of sp³-hybridized carbons (Fsp3) is 0.489. The molecule has 3 aromatic rings. The third-order valence-electron chi connectivity index (χ3n) is 8.84. The largest absolute Gasteiger partial charge is 0.458 e. The topological polar surface area (TPSA) is 168 Å². The van der Waals surface area contributed by atoms with Crippen molar-refractivity contribution >= 4 is 30.2 Å². The standard InChI is InChI=1S/C45H58F3N3O11/c1-42(2,3)61-37(52)36(50-40(55)62-43(4,5)6)25-17-18-28-51(41(56)59-31-33-21-13-9-14-22-33)29-35(26-27-49-39(54)58-30-32-19-11-8-12-20-32)60-38(53)44(57-7,45(46,47)48)34-23-15-10-16-24-34/h8-16,19-24,35-36H,17-18,25-31H2,1-7H3,(H,49,54)(H,50,55)/t35-,36-,44-/m0/s1. The number of esters is 2. The number of hydrogen-bond acceptors (Lipinski definition) is 11. The van der Waals surface area contributed by atoms with Gasteiger partial charge in [-0.2, -0.15) is 13.2 Å². The molecule has 0 bridgehead atoms. The molecule has 0 aliphatic heterocycles. The Kier molecular flexibility index (Phi) is 19.1. The Balaban J connectivity index is 1.89. The zero-order valence-electron chi connectivity index (χ0n) is 36.3. The maximum atomic E-state index is 14.9. The summed E-state index contributed by atoms with van der Waals surface area (Å²) in [6, 6.07) is 22.7. The van der Waals surface area contributed by atoms with E-state index in [4.69, 9.17) is 28.4 Å². The Morgan fingerprint density at radius 1 is 0.677 bits per heavy atom. The summed E-state index contributed by atoms with van der Waals surface area (Å²) in [5.74, 6) is -2.52. The quantitative estimate of drug-likeness (QED) is 0.0636. The molecular weight excluding hydrogens is 815 g/mol. The molecule has 0 radical (unpaired) electrons. The van der Waals surface area contributed by atoms with E-state index in [-0.39, 0.29) is 52.0 Å². The van der Waals surface area contributed by atoms with E-state index in [0.29, 0.717) is 11.1 Å². The van der Waals surface area contributed by atoms with Crippen molar-refractivity contribution < 1.29 is 65.6 Å². The summed E-state index contributed by atoms with van der Waals surface area (Å²) in [6.07, 6.45) is -9.17. The maximum Gasteiger partial charge on any atom is 0.432 e. The predicted octanol–water partition coefficient (Wildman–Crippen LogP) is 8.36. The lowest BCUT2D eigenvalue weighted by molar-refractivity contribution is -0.278. The average molecular weight is 874 g/mol. The maximum absolute atomic E-state index is 14.9. The number of unbranched alkanes of at least 4 members (excludes halogenated alkanes) is 1. The average Bonchev–Trinajstić information content (AvgIpc) is 3.19. The zero-order chi connectivity index (χ0) is 46.0. The van der Waals surface area contributed by atoms with Gasteiger partial charge in [0, 0.05) is 32.2 Å². The number of carbonyl (C=O) groups excluding carboxylic acids is 5. The normalized spacial score (nSPS) is 13.6. The third kappa shape index (κ3) is 16.9. The van der Waals surface area contributed by atoms with Crippen LogP contribution in [0.1, 0.15) is 83.9 Å². The number of ether oxygens (including phenoxy) is 6. The van der Waals surface area contributed by atoms with Gasteiger partial charge in [-0.05, 0) is 71.9 Å². The van der Waals surface area contributed by atoms with Crippen molar-refractivity contribution in [2.75, 3.05) is 26.7 Å². The second kappa shape index (κ2) is 23.4. The lowest BCUT2D eigenvalue weighted by Crippen LogP contribution is -2.53. The monoisotopic (exact) mass is 873 g/mol. The Morgan fingerprint density at radius 3 is 1.73 bits per heavy atom. The van der Waals surface area contributed by atoms with Gasteiger partial charge in [-0.3, -0.25) is 0 Å². The van der Waals surface area contributed by atoms with Crippen LogP contribution in [0.15, 0.2) is 91.0 Å². The van der Waals surface area contributed by atoms with Crippen molar-refractivity contribution in [3.05, 3.63) is 108 Å². The number of amides is 3. The second-order valence-corrected chi connectivity index (χ2v) is 16.3. The Labute approximate surface area is 360 Å². The number of alkyl carbamates (subject to hydrolysis) is 2. The molecule has 0 aliphatic rings. The van der Waals surface area contributed by atoms with Crippen LogP contribution in [0.4, 0.5) is 27.6 Å². The minimum absolute atomic E-state index is 0.0491. The van der Waals surface area contributed by atoms with Crippen molar-refractivity contribution in [2.45, 2.75) is 116 Å². The number of halogens is 3. The molecule has 3 atom stereocenters. The van der Waals surface area contributed by atoms with Gasteiger partial charge < -0.3 is 44.0 Å². The number of benzene rings is 3. The summed E-state index contributed by atoms with van der Waals surface area (Å²) in [7, 11) is 0.733. The third-order valence-corrected chi connectivity index (χ3v) is 8.84. The van der Waals surface area contributed by atoms with Gasteiger partial charge in [0.25, 0.3) is 5.60 Å². The highest BCUT2D eigenvalue weighted by Gasteiger charge is 2.64. The van der Waals surface area contributed by atoms with Gasteiger partial charge in [-0.15, -0.1) is 0 Å². The van der Waals surface area contributed by atoms with Crippen molar-refractivity contribution in [1.29, 1.82) is 0 Å². The summed E-state index contributed by atoms with van der Waals surface area (Å²) in [5, 5.41) is 5.06. The van der Waals surface area contributed by atoms with E-state index in [2.05, 4.69) is 10.6 Å². The molecule has 0 unspecified atom stereocenters. The molecule has 14 nitrogen and oxygen atoms in total. The molecule has 0 aromatic heterocycles. The summed E-state index contributed by atoms with van der Waals surface area (Å²) in [6.45, 7) is 8.95. The highest BCUT2D eigenvalue weighted by Crippen LogP contribution is 2.43. The van der Waals surface area contributed by atoms with Crippen LogP contribution >= 0.6 is 0 Å². The first kappa shape index (κ1) is 50.5. The summed E-state index contributed by atoms with van der Waals surface area (Å²) in [4.78, 5) is 67.2. The van der Waals surface area contributed by atoms with Gasteiger partial charge in [0.05, 0.1) is 6.54 Å². The number of rotatable bonds is 20. The lowest BCUT2D eigenvalue weighted by atomic mass is 9.92. The smallest absolute Gasteiger partial charge is 0.432 e. The fourth-order valence-corrected chi connectivity index (χ4v) is 5.95. The molecule has 3 aromatic carbocycles. The molecule has 3 rings (SSSR count). The molecule has 340 valence electrons. The number of nitrogens with one attached hydrogen (secondary N) is 2. The first-order chi connectivity index (χ1) is 29.1. The predicted molar refractivity (Wildman–Crippen MR) is 221 cm³/mol. The van der Waals surface area contributed by atoms with Crippen molar-refractivity contribution in [1.82, 2.24) is 15.5 Å². The molecule has 0 saturated carbocycles. The van der Waals surface area contributed by atoms with Gasteiger partial charge in [0.1, 0.15) is 36.6 Å². The van der Waals surface area contributed by atoms with Crippen LogP contribution in [0.5, 0.6) is 0 Å². The number of nitrogens with zero attached hydrogens (tertiary/aromatic N) is 1. The Hall–Kier alpha value is -5.84. The Morgan fingerprint density at radius 2 is 1.21 bits per heavy atom. The van der Waals surface area contributed by atoms with Crippen LogP contribution in [0.25, 0.3) is 0 Å². The molecule has 3 amide bonds. The first-order valence-corrected chi connectivity index (χ1v) is 20.1. The molecule has 62 heavy (non-hydrogen) atoms. The molecule has 17 heteroatoms. The number of methoxy groups -OCH3 is 1. The van der Waals surface area contributed by atoms with E-state index in [0.717, 1.165) is 24.1 Å². The van der Waals surface area contributed by atoms with E-state index in [9.17, 15) is 37.1 Å². The number of carbonyl (C=O) groups is 5. The van der Waals surface area contributed by atoms with Gasteiger partial charge in [-0.1, -0.05) is 91.0 Å². The summed E-state index contributed by atoms with van der Waals surface area (Å²) < 4.78 is 77.0. The molecular formula is C45H58F3N3O11. The second-order valence-electron chi connectivity index (χ2n) is 16.3. The molecule has 0 fully saturated rings. The van der Waals surface area contributed by atoms with Crippen LogP contribution in [0.2, 0.25) is 0 Å². The van der Waals surface area contributed by atoms with Crippen LogP contribution in [0.3, 0.4) is 0 Å². The zero-order valence-corrected chi connectivity index (χ0v) is 36.3. The van der Waals surface area contributed by atoms with Crippen LogP contribution in [-0.4, -0.2) is 91.4 Å². The van der Waals surface area contributed by atoms with Crippen molar-refractivity contribution in [2.24, 2.45) is 0 Å². The van der Waals surface area contributed by atoms with E-state index < -0.39 is 77.5 Å². The van der Waals surface area contributed by atoms with Crippen LogP contribution in [-0.2, 0) is 56.8 Å². The molecule has 0 spiro atoms. The van der Waals surface area contributed by atoms with Crippen LogP contribution in [0, 0.1) is 0 Å². The van der Waals surface area contributed by atoms with E-state index in [1.807, 2.05) is 0 Å². The summed E-state index contributed by atoms with van der Waals surface area (Å²) in [5.41, 5.74) is -4.47. The van der Waals surface area contributed by atoms with E-state index in [1.54, 1.807) is 102 Å². The molecule has 0 aliphatic carbocycles. The fourth-order valence-electron chi connectivity index (χ4n) is 5.95. The van der Waals surface area contributed by atoms with Gasteiger partial charge in [0.2, 0.25) is 0 Å². The minimum atomic E-state index is -5.30. The molecule has 0 saturated heterocycles. The number of hydrogen-bond donors (Lipinski definition) is 2. The van der Waals surface area contributed by atoms with Gasteiger partial charge in [0.15, 0.2) is 0 Å². The van der Waals surface area contributed by atoms with Gasteiger partial charge in [-0.25, -0.2) is 24.0 Å². The number of alkyl halides is 3. The highest BCUT2D eigenvalue weighted by atomic mass is 19.4. The van der Waals surface area contributed by atoms with Crippen LogP contribution < -0.4 is 10.6 Å². The van der Waals surface area contributed by atoms with Gasteiger partial charge >= 0.3 is 36.4 Å². The summed E-state index contributed by atoms with van der Waals surface area (Å²) >= 11 is 0. The van der Waals surface area contributed by atoms with E-state index >= 15 is 0 Å². The van der Waals surface area contributed by atoms with E-state index in [1.165, 1.54) is 18.2 Å². The van der Waals surface area contributed by atoms with Crippen molar-refractivity contribution in [3.63, 3.8) is 0 Å². The molecule has 2 N–H and O–H groups in total. The SMILES string of the molecule is CO[C@](C(=O)O[C@@H](CCNC(=O)OCc1ccccc1)CN(CCCC[C@H](NC(=O)OC(C)(C)C)C(=O)OC(C)(C)C)C(=O)OCc1ccccc1)(c1ccccc1)C(F)(F)F. The lowest BCUT2D eigenvalue weighted by Gasteiger charge is -2.35. The van der Waals surface area contributed by atoms with Crippen molar-refractivity contribution in [3.8, 4) is 0 Å². The minimum Gasteiger partial charge on any atom is -0.458 e. The Bertz CT molecular complexity index is 1870. The first-order valence-electron chi connectivity index (χ1n) is 20.1. The highest BCUT2D eigenvalue weighted by molar-refractivity contribution is 5.83. The molecule has 0 heterocycles.